The minimum absolute atomic E-state index is 0.839. The van der Waals surface area contributed by atoms with Crippen molar-refractivity contribution in [3.8, 4) is 0 Å². The molecule has 18 heavy (non-hydrogen) atoms. The van der Waals surface area contributed by atoms with Crippen LogP contribution >= 0.6 is 0 Å². The van der Waals surface area contributed by atoms with Crippen LogP contribution in [0, 0.1) is 0 Å². The average Bonchev–Trinajstić information content (AvgIpc) is 2.39. The molecular formula is C17H35N. The fraction of sp³-hybridized carbons (Fsp3) is 0.882. The second kappa shape index (κ2) is 16.7. The van der Waals surface area contributed by atoms with Crippen molar-refractivity contribution >= 4 is 0 Å². The summed E-state index contributed by atoms with van der Waals surface area (Å²) in [6.07, 6.45) is 22.4. The van der Waals surface area contributed by atoms with Gasteiger partial charge in [0.1, 0.15) is 0 Å². The summed E-state index contributed by atoms with van der Waals surface area (Å²) in [6.45, 7) is 3.12. The van der Waals surface area contributed by atoms with Crippen molar-refractivity contribution < 1.29 is 0 Å². The van der Waals surface area contributed by atoms with Gasteiger partial charge < -0.3 is 5.73 Å². The van der Waals surface area contributed by atoms with Gasteiger partial charge in [0.2, 0.25) is 0 Å². The highest BCUT2D eigenvalue weighted by Gasteiger charge is 1.91. The Morgan fingerprint density at radius 3 is 1.56 bits per heavy atom. The van der Waals surface area contributed by atoms with Crippen LogP contribution in [0.1, 0.15) is 90.4 Å². The zero-order valence-electron chi connectivity index (χ0n) is 12.6. The van der Waals surface area contributed by atoms with Crippen LogP contribution in [0.4, 0.5) is 0 Å². The fourth-order valence-electron chi connectivity index (χ4n) is 2.22. The number of rotatable bonds is 14. The number of allylic oxidation sites excluding steroid dienone is 2. The van der Waals surface area contributed by atoms with E-state index in [0.29, 0.717) is 0 Å². The molecule has 1 heteroatoms. The third kappa shape index (κ3) is 15.7. The maximum atomic E-state index is 5.45. The van der Waals surface area contributed by atoms with E-state index in [0.717, 1.165) is 6.54 Å². The number of nitrogens with two attached hydrogens (primary N) is 1. The third-order valence-corrected chi connectivity index (χ3v) is 3.47. The van der Waals surface area contributed by atoms with Crippen LogP contribution in [-0.4, -0.2) is 6.54 Å². The Morgan fingerprint density at radius 2 is 1.06 bits per heavy atom. The molecule has 0 amide bonds. The summed E-state index contributed by atoms with van der Waals surface area (Å²) in [5, 5.41) is 0. The molecule has 0 aromatic heterocycles. The Hall–Kier alpha value is -0.300. The summed E-state index contributed by atoms with van der Waals surface area (Å²) >= 11 is 0. The van der Waals surface area contributed by atoms with Gasteiger partial charge in [0.25, 0.3) is 0 Å². The van der Waals surface area contributed by atoms with Crippen LogP contribution in [0.3, 0.4) is 0 Å². The minimum Gasteiger partial charge on any atom is -0.330 e. The largest absolute Gasteiger partial charge is 0.330 e. The summed E-state index contributed by atoms with van der Waals surface area (Å²) in [4.78, 5) is 0. The zero-order valence-corrected chi connectivity index (χ0v) is 12.6. The van der Waals surface area contributed by atoms with Crippen LogP contribution < -0.4 is 5.73 Å². The smallest absolute Gasteiger partial charge is 0.00772 e. The van der Waals surface area contributed by atoms with Gasteiger partial charge in [-0.15, -0.1) is 0 Å². The summed E-state index contributed by atoms with van der Waals surface area (Å²) in [5.74, 6) is 0. The third-order valence-electron chi connectivity index (χ3n) is 3.47. The lowest BCUT2D eigenvalue weighted by atomic mass is 10.1. The molecule has 108 valence electrons. The maximum absolute atomic E-state index is 5.45. The zero-order chi connectivity index (χ0) is 13.3. The molecule has 0 aliphatic rings. The van der Waals surface area contributed by atoms with E-state index in [1.54, 1.807) is 0 Å². The van der Waals surface area contributed by atoms with E-state index < -0.39 is 0 Å². The van der Waals surface area contributed by atoms with E-state index in [1.807, 2.05) is 0 Å². The molecule has 2 N–H and O–H groups in total. The summed E-state index contributed by atoms with van der Waals surface area (Å²) in [6, 6.07) is 0. The van der Waals surface area contributed by atoms with Crippen molar-refractivity contribution in [2.24, 2.45) is 5.73 Å². The SMILES string of the molecule is CCCCCCCCCCC/C=C/CCCCN. The Bertz CT molecular complexity index is 163. The van der Waals surface area contributed by atoms with Crippen molar-refractivity contribution in [2.75, 3.05) is 6.54 Å². The Kier molecular flexibility index (Phi) is 16.4. The summed E-state index contributed by atoms with van der Waals surface area (Å²) < 4.78 is 0. The number of hydrogen-bond donors (Lipinski definition) is 1. The highest BCUT2D eigenvalue weighted by Crippen LogP contribution is 2.10. The molecule has 0 aliphatic heterocycles. The molecule has 0 aromatic rings. The second-order valence-corrected chi connectivity index (χ2v) is 5.37. The Morgan fingerprint density at radius 1 is 0.611 bits per heavy atom. The predicted molar refractivity (Wildman–Crippen MR) is 83.9 cm³/mol. The van der Waals surface area contributed by atoms with Crippen LogP contribution in [-0.2, 0) is 0 Å². The molecule has 0 fully saturated rings. The fourth-order valence-corrected chi connectivity index (χ4v) is 2.22. The minimum atomic E-state index is 0.839. The molecule has 0 unspecified atom stereocenters. The first-order valence-corrected chi connectivity index (χ1v) is 8.27. The van der Waals surface area contributed by atoms with Crippen LogP contribution in [0.5, 0.6) is 0 Å². The maximum Gasteiger partial charge on any atom is -0.00772 e. The molecule has 0 aromatic carbocycles. The highest BCUT2D eigenvalue weighted by atomic mass is 14.5. The molecule has 0 saturated heterocycles. The van der Waals surface area contributed by atoms with Crippen LogP contribution in [0.2, 0.25) is 0 Å². The Balaban J connectivity index is 2.98. The van der Waals surface area contributed by atoms with Crippen molar-refractivity contribution in [1.82, 2.24) is 0 Å². The lowest BCUT2D eigenvalue weighted by Crippen LogP contribution is -1.96. The Labute approximate surface area is 115 Å². The normalized spacial score (nSPS) is 11.4. The molecule has 0 heterocycles. The van der Waals surface area contributed by atoms with Crippen LogP contribution in [0.25, 0.3) is 0 Å². The first-order chi connectivity index (χ1) is 8.91. The molecule has 1 nitrogen and oxygen atoms in total. The molecule has 0 radical (unpaired) electrons. The average molecular weight is 253 g/mol. The van der Waals surface area contributed by atoms with Gasteiger partial charge in [0.15, 0.2) is 0 Å². The van der Waals surface area contributed by atoms with Gasteiger partial charge in [-0.3, -0.25) is 0 Å². The molecule has 0 saturated carbocycles. The van der Waals surface area contributed by atoms with E-state index >= 15 is 0 Å². The summed E-state index contributed by atoms with van der Waals surface area (Å²) in [5.41, 5.74) is 5.45. The first kappa shape index (κ1) is 17.7. The summed E-state index contributed by atoms with van der Waals surface area (Å²) in [7, 11) is 0. The molecule has 0 spiro atoms. The molecule has 0 aliphatic carbocycles. The van der Waals surface area contributed by atoms with Crippen molar-refractivity contribution in [1.29, 1.82) is 0 Å². The van der Waals surface area contributed by atoms with Gasteiger partial charge in [-0.1, -0.05) is 70.4 Å². The van der Waals surface area contributed by atoms with Gasteiger partial charge >= 0.3 is 0 Å². The molecular weight excluding hydrogens is 218 g/mol. The van der Waals surface area contributed by atoms with E-state index in [-0.39, 0.29) is 0 Å². The topological polar surface area (TPSA) is 26.0 Å². The van der Waals surface area contributed by atoms with Gasteiger partial charge in [-0.2, -0.15) is 0 Å². The van der Waals surface area contributed by atoms with Crippen molar-refractivity contribution in [2.45, 2.75) is 90.4 Å². The second-order valence-electron chi connectivity index (χ2n) is 5.37. The van der Waals surface area contributed by atoms with Crippen LogP contribution in [0.15, 0.2) is 12.2 Å². The lowest BCUT2D eigenvalue weighted by molar-refractivity contribution is 0.566. The van der Waals surface area contributed by atoms with E-state index in [9.17, 15) is 0 Å². The standard InChI is InChI=1S/C17H35N/c1-2-3-4-5-6-7-8-9-10-11-12-13-14-15-16-17-18/h12-13H,2-11,14-18H2,1H3/b13-12+. The van der Waals surface area contributed by atoms with Gasteiger partial charge in [0.05, 0.1) is 0 Å². The lowest BCUT2D eigenvalue weighted by Gasteiger charge is -2.00. The van der Waals surface area contributed by atoms with Gasteiger partial charge in [-0.05, 0) is 38.6 Å². The predicted octanol–water partition coefficient (Wildman–Crippen LogP) is 5.59. The van der Waals surface area contributed by atoms with Crippen molar-refractivity contribution in [3.05, 3.63) is 12.2 Å². The van der Waals surface area contributed by atoms with E-state index in [2.05, 4.69) is 19.1 Å². The molecule has 0 rings (SSSR count). The van der Waals surface area contributed by atoms with Gasteiger partial charge in [-0.25, -0.2) is 0 Å². The number of hydrogen-bond acceptors (Lipinski definition) is 1. The monoisotopic (exact) mass is 253 g/mol. The van der Waals surface area contributed by atoms with E-state index in [4.69, 9.17) is 5.73 Å². The first-order valence-electron chi connectivity index (χ1n) is 8.27. The molecule has 0 atom stereocenters. The molecule has 0 bridgehead atoms. The van der Waals surface area contributed by atoms with Crippen molar-refractivity contribution in [3.63, 3.8) is 0 Å². The quantitative estimate of drug-likeness (QED) is 0.317. The number of unbranched alkanes of at least 4 members (excludes halogenated alkanes) is 11. The van der Waals surface area contributed by atoms with E-state index in [1.165, 1.54) is 83.5 Å². The highest BCUT2D eigenvalue weighted by molar-refractivity contribution is 4.81. The van der Waals surface area contributed by atoms with Gasteiger partial charge in [0, 0.05) is 0 Å².